The zero-order chi connectivity index (χ0) is 42.8. The van der Waals surface area contributed by atoms with Crippen molar-refractivity contribution in [2.75, 3.05) is 26.2 Å². The van der Waals surface area contributed by atoms with Gasteiger partial charge in [0.05, 0.1) is 52.3 Å². The van der Waals surface area contributed by atoms with Crippen LogP contribution in [-0.4, -0.2) is 102 Å². The lowest BCUT2D eigenvalue weighted by molar-refractivity contribution is -0.144. The summed E-state index contributed by atoms with van der Waals surface area (Å²) in [6.45, 7) is 10.4. The lowest BCUT2D eigenvalue weighted by atomic mass is 9.83. The Morgan fingerprint density at radius 1 is 0.950 bits per heavy atom. The molecule has 0 bridgehead atoms. The first-order chi connectivity index (χ1) is 28.6. The summed E-state index contributed by atoms with van der Waals surface area (Å²) in [5.74, 6) is -0.994. The van der Waals surface area contributed by atoms with Crippen LogP contribution in [0.3, 0.4) is 0 Å². The van der Waals surface area contributed by atoms with Gasteiger partial charge < -0.3 is 30.9 Å². The maximum absolute atomic E-state index is 14.2. The normalized spacial score (nSPS) is 19.1. The number of nitrogens with one attached hydrogen (secondary N) is 2. The standard InChI is InChI=1S/C46H53N7O6S/c1-28(30-10-12-32(13-11-30)41-29(2)47-27-60-41)49-43(57)38-23-35(54)25-53(38)44(58)42(45(3,4)5)50-40(56)26-52-20-18-46(59,19-21-52)34-16-14-31(15-17-34)33-22-37(51-48-24-33)36-8-6-7-9-39(36)55/h6-17,22,24,27-28,35,38,42,54-55,59H,18-21,23,25-26H2,1-5H3,(H,49,57)(H,50,56)/t28-,35+,38-,42+/m0/s1. The molecule has 3 amide bonds. The van der Waals surface area contributed by atoms with E-state index in [1.54, 1.807) is 35.7 Å². The van der Waals surface area contributed by atoms with E-state index in [9.17, 15) is 29.7 Å². The number of aliphatic hydroxyl groups is 2. The maximum Gasteiger partial charge on any atom is 0.246 e. The van der Waals surface area contributed by atoms with Gasteiger partial charge in [0, 0.05) is 37.2 Å². The summed E-state index contributed by atoms with van der Waals surface area (Å²) in [7, 11) is 0. The predicted molar refractivity (Wildman–Crippen MR) is 230 cm³/mol. The Kier molecular flexibility index (Phi) is 12.5. The number of aliphatic hydroxyl groups excluding tert-OH is 1. The lowest BCUT2D eigenvalue weighted by Crippen LogP contribution is -2.59. The second-order valence-electron chi connectivity index (χ2n) is 17.1. The van der Waals surface area contributed by atoms with Gasteiger partial charge in [0.2, 0.25) is 17.7 Å². The number of phenolic OH excluding ortho intramolecular Hbond substituents is 1. The number of likely N-dealkylation sites (tertiary alicyclic amines) is 2. The molecule has 314 valence electrons. The first kappa shape index (κ1) is 42.6. The molecule has 5 N–H and O–H groups in total. The summed E-state index contributed by atoms with van der Waals surface area (Å²) < 4.78 is 0. The minimum absolute atomic E-state index is 0.0128. The van der Waals surface area contributed by atoms with Crippen LogP contribution < -0.4 is 10.6 Å². The fourth-order valence-electron chi connectivity index (χ4n) is 8.11. The van der Waals surface area contributed by atoms with Gasteiger partial charge in [-0.05, 0) is 72.6 Å². The van der Waals surface area contributed by atoms with Crippen LogP contribution in [0.15, 0.2) is 90.6 Å². The highest BCUT2D eigenvalue weighted by Gasteiger charge is 2.45. The number of hydrogen-bond acceptors (Lipinski definition) is 11. The van der Waals surface area contributed by atoms with Gasteiger partial charge in [0.1, 0.15) is 17.8 Å². The van der Waals surface area contributed by atoms with Crippen molar-refractivity contribution in [2.24, 2.45) is 5.41 Å². The number of aromatic nitrogens is 3. The maximum atomic E-state index is 14.2. The number of phenols is 1. The van der Waals surface area contributed by atoms with Crippen molar-refractivity contribution in [3.05, 3.63) is 107 Å². The number of amides is 3. The first-order valence-electron chi connectivity index (χ1n) is 20.3. The van der Waals surface area contributed by atoms with Crippen LogP contribution in [0.5, 0.6) is 5.75 Å². The van der Waals surface area contributed by atoms with E-state index >= 15 is 0 Å². The number of para-hydroxylation sites is 1. The van der Waals surface area contributed by atoms with E-state index < -0.39 is 35.1 Å². The number of carbonyl (C=O) groups excluding carboxylic acids is 3. The molecular formula is C46H53N7O6S. The molecule has 7 rings (SSSR count). The van der Waals surface area contributed by atoms with Crippen LogP contribution in [0.2, 0.25) is 0 Å². The van der Waals surface area contributed by atoms with Crippen molar-refractivity contribution >= 4 is 29.1 Å². The summed E-state index contributed by atoms with van der Waals surface area (Å²) >= 11 is 1.58. The summed E-state index contributed by atoms with van der Waals surface area (Å²) in [6, 6.07) is 22.3. The Morgan fingerprint density at radius 3 is 2.28 bits per heavy atom. The SMILES string of the molecule is Cc1ncsc1-c1ccc([C@H](C)NC(=O)[C@@H]2C[C@@H](O)CN2C(=O)[C@@H](NC(=O)CN2CCC(O)(c3ccc(-c4cnnc(-c5ccccc5O)c4)cc3)CC2)C(C)(C)C)cc1. The molecule has 0 aliphatic carbocycles. The second kappa shape index (κ2) is 17.6. The highest BCUT2D eigenvalue weighted by atomic mass is 32.1. The van der Waals surface area contributed by atoms with E-state index in [-0.39, 0.29) is 43.1 Å². The number of thiazole rings is 1. The Bertz CT molecular complexity index is 2320. The zero-order valence-electron chi connectivity index (χ0n) is 34.6. The van der Waals surface area contributed by atoms with E-state index in [2.05, 4.69) is 25.8 Å². The molecule has 13 nitrogen and oxygen atoms in total. The van der Waals surface area contributed by atoms with E-state index in [1.807, 2.05) is 106 Å². The van der Waals surface area contributed by atoms with Crippen LogP contribution in [-0.2, 0) is 20.0 Å². The highest BCUT2D eigenvalue weighted by molar-refractivity contribution is 7.13. The average molecular weight is 832 g/mol. The van der Waals surface area contributed by atoms with Gasteiger partial charge in [-0.25, -0.2) is 4.98 Å². The van der Waals surface area contributed by atoms with Gasteiger partial charge >= 0.3 is 0 Å². The van der Waals surface area contributed by atoms with E-state index in [1.165, 1.54) is 4.90 Å². The molecule has 0 unspecified atom stereocenters. The molecule has 5 aromatic rings. The molecule has 0 spiro atoms. The summed E-state index contributed by atoms with van der Waals surface area (Å²) in [4.78, 5) is 50.3. The van der Waals surface area contributed by atoms with Gasteiger partial charge in [0.15, 0.2) is 0 Å². The summed E-state index contributed by atoms with van der Waals surface area (Å²) in [5, 5.41) is 47.0. The van der Waals surface area contributed by atoms with E-state index in [4.69, 9.17) is 0 Å². The third-order valence-electron chi connectivity index (χ3n) is 11.7. The molecule has 60 heavy (non-hydrogen) atoms. The van der Waals surface area contributed by atoms with Gasteiger partial charge in [-0.2, -0.15) is 10.2 Å². The van der Waals surface area contributed by atoms with Gasteiger partial charge in [0.25, 0.3) is 0 Å². The molecule has 2 aliphatic heterocycles. The van der Waals surface area contributed by atoms with Gasteiger partial charge in [-0.15, -0.1) is 11.3 Å². The monoisotopic (exact) mass is 831 g/mol. The molecule has 3 aromatic carbocycles. The quantitative estimate of drug-likeness (QED) is 0.112. The highest BCUT2D eigenvalue weighted by Crippen LogP contribution is 2.36. The van der Waals surface area contributed by atoms with Crippen molar-refractivity contribution in [2.45, 2.75) is 83.7 Å². The molecule has 0 radical (unpaired) electrons. The Morgan fingerprint density at radius 2 is 1.63 bits per heavy atom. The van der Waals surface area contributed by atoms with Crippen LogP contribution in [0.25, 0.3) is 32.8 Å². The zero-order valence-corrected chi connectivity index (χ0v) is 35.4. The third kappa shape index (κ3) is 9.42. The van der Waals surface area contributed by atoms with Crippen LogP contribution in [0.1, 0.15) is 69.8 Å². The molecule has 2 aromatic heterocycles. The molecule has 2 fully saturated rings. The molecule has 0 saturated carbocycles. The molecule has 4 heterocycles. The Balaban J connectivity index is 0.940. The number of rotatable bonds is 11. The molecule has 4 atom stereocenters. The van der Waals surface area contributed by atoms with E-state index in [0.29, 0.717) is 37.2 Å². The summed E-state index contributed by atoms with van der Waals surface area (Å²) in [6.07, 6.45) is 1.70. The number of β-amino-alcohol motifs (C(OH)–C–C–N with tert-alkyl or cyclic N) is 1. The van der Waals surface area contributed by atoms with Crippen molar-refractivity contribution in [1.29, 1.82) is 0 Å². The topological polar surface area (TPSA) is 181 Å². The van der Waals surface area contributed by atoms with Crippen molar-refractivity contribution in [3.8, 4) is 38.6 Å². The van der Waals surface area contributed by atoms with Crippen molar-refractivity contribution < 1.29 is 29.7 Å². The molecule has 2 aliphatic rings. The number of piperidine rings is 1. The number of carbonyl (C=O) groups is 3. The fourth-order valence-corrected chi connectivity index (χ4v) is 8.93. The molecular weight excluding hydrogens is 779 g/mol. The first-order valence-corrected chi connectivity index (χ1v) is 21.2. The number of nitrogens with zero attached hydrogens (tertiary/aromatic N) is 5. The second-order valence-corrected chi connectivity index (χ2v) is 18.0. The fraction of sp³-hybridized carbons (Fsp3) is 0.391. The largest absolute Gasteiger partial charge is 0.507 e. The van der Waals surface area contributed by atoms with Crippen molar-refractivity contribution in [3.63, 3.8) is 0 Å². The predicted octanol–water partition coefficient (Wildman–Crippen LogP) is 5.60. The Hall–Kier alpha value is -5.54. The van der Waals surface area contributed by atoms with Crippen LogP contribution in [0.4, 0.5) is 0 Å². The number of aromatic hydroxyl groups is 1. The smallest absolute Gasteiger partial charge is 0.246 e. The van der Waals surface area contributed by atoms with Crippen LogP contribution >= 0.6 is 11.3 Å². The van der Waals surface area contributed by atoms with E-state index in [0.717, 1.165) is 38.4 Å². The minimum Gasteiger partial charge on any atom is -0.507 e. The van der Waals surface area contributed by atoms with Gasteiger partial charge in [-0.3, -0.25) is 19.3 Å². The average Bonchev–Trinajstić information content (AvgIpc) is 3.85. The Labute approximate surface area is 354 Å². The summed E-state index contributed by atoms with van der Waals surface area (Å²) in [5.41, 5.74) is 6.58. The van der Waals surface area contributed by atoms with Gasteiger partial charge in [-0.1, -0.05) is 81.4 Å². The number of hydrogen-bond donors (Lipinski definition) is 5. The third-order valence-corrected chi connectivity index (χ3v) is 12.7. The number of aryl methyl sites for hydroxylation is 1. The molecule has 14 heteroatoms. The van der Waals surface area contributed by atoms with Crippen molar-refractivity contribution in [1.82, 2.24) is 35.6 Å². The number of benzene rings is 3. The van der Waals surface area contributed by atoms with Crippen LogP contribution in [0, 0.1) is 12.3 Å². The molecule has 2 saturated heterocycles. The lowest BCUT2D eigenvalue weighted by Gasteiger charge is -2.39. The minimum atomic E-state index is -1.08.